The average Bonchev–Trinajstić information content (AvgIpc) is 3.91. The van der Waals surface area contributed by atoms with Gasteiger partial charge in [0.25, 0.3) is 0 Å². The number of hydrogen-bond acceptors (Lipinski definition) is 17. The van der Waals surface area contributed by atoms with Gasteiger partial charge in [-0.05, 0) is 117 Å². The van der Waals surface area contributed by atoms with E-state index in [9.17, 15) is 33.6 Å². The van der Waals surface area contributed by atoms with Crippen LogP contribution < -0.4 is 41.6 Å². The molecule has 0 bridgehead atoms. The number of pyridine rings is 1. The predicted molar refractivity (Wildman–Crippen MR) is 284 cm³/mol. The third-order valence-electron chi connectivity index (χ3n) is 12.2. The molecule has 0 aliphatic heterocycles. The highest BCUT2D eigenvalue weighted by molar-refractivity contribution is 6.12. The molecule has 0 saturated carbocycles. The van der Waals surface area contributed by atoms with Gasteiger partial charge in [0.15, 0.2) is 5.76 Å². The molecule has 11 aromatic rings. The van der Waals surface area contributed by atoms with Crippen LogP contribution in [0.15, 0.2) is 193 Å². The Morgan fingerprint density at radius 1 is 0.434 bits per heavy atom. The van der Waals surface area contributed by atoms with Gasteiger partial charge in [0.1, 0.15) is 67.4 Å². The molecule has 0 fully saturated rings. The normalized spacial score (nSPS) is 10.9. The van der Waals surface area contributed by atoms with Crippen LogP contribution in [0.4, 0.5) is 5.69 Å². The Labute approximate surface area is 429 Å². The van der Waals surface area contributed by atoms with Crippen molar-refractivity contribution in [3.8, 4) is 17.2 Å². The second-order valence-electron chi connectivity index (χ2n) is 16.8. The van der Waals surface area contributed by atoms with E-state index in [2.05, 4.69) is 9.88 Å². The van der Waals surface area contributed by atoms with E-state index in [0.29, 0.717) is 72.3 Å². The highest BCUT2D eigenvalue weighted by Crippen LogP contribution is 2.27. The molecular weight excluding hydrogens is 977 g/mol. The van der Waals surface area contributed by atoms with Crippen molar-refractivity contribution in [2.24, 2.45) is 0 Å². The maximum Gasteiger partial charge on any atom is 0.347 e. The van der Waals surface area contributed by atoms with E-state index in [4.69, 9.17) is 36.3 Å². The zero-order valence-corrected chi connectivity index (χ0v) is 41.4. The van der Waals surface area contributed by atoms with E-state index in [-0.39, 0.29) is 28.0 Å². The van der Waals surface area contributed by atoms with E-state index in [1.54, 1.807) is 97.2 Å². The van der Waals surface area contributed by atoms with Crippen LogP contribution in [0.25, 0.3) is 54.8 Å². The third kappa shape index (κ3) is 10.5. The Bertz CT molecular complexity index is 4240. The molecule has 0 aliphatic carbocycles. The summed E-state index contributed by atoms with van der Waals surface area (Å²) in [5.41, 5.74) is -0.265. The van der Waals surface area contributed by atoms with Crippen LogP contribution in [0.3, 0.4) is 0 Å². The number of para-hydroxylation sites is 1. The van der Waals surface area contributed by atoms with E-state index in [1.165, 1.54) is 51.8 Å². The molecule has 5 aromatic carbocycles. The van der Waals surface area contributed by atoms with Crippen LogP contribution >= 0.6 is 0 Å². The Morgan fingerprint density at radius 3 is 1.43 bits per heavy atom. The van der Waals surface area contributed by atoms with Crippen LogP contribution in [0, 0.1) is 0 Å². The molecule has 17 heteroatoms. The number of nitrogens with zero attached hydrogens (tertiary/aromatic N) is 2. The summed E-state index contributed by atoms with van der Waals surface area (Å²) in [5.74, 6) is 0.151. The fourth-order valence-corrected chi connectivity index (χ4v) is 8.21. The Kier molecular flexibility index (Phi) is 14.6. The minimum atomic E-state index is -0.820. The molecule has 6 aromatic heterocycles. The summed E-state index contributed by atoms with van der Waals surface area (Å²) in [6.45, 7) is 5.70. The summed E-state index contributed by atoms with van der Waals surface area (Å²) in [5, 5.41) is 3.19. The van der Waals surface area contributed by atoms with Crippen molar-refractivity contribution in [1.29, 1.82) is 0 Å². The molecular formula is C59H44N2O15. The van der Waals surface area contributed by atoms with Crippen LogP contribution in [0.2, 0.25) is 0 Å². The van der Waals surface area contributed by atoms with Gasteiger partial charge in [-0.15, -0.1) is 0 Å². The molecule has 0 saturated heterocycles. The molecule has 11 rings (SSSR count). The van der Waals surface area contributed by atoms with Crippen molar-refractivity contribution >= 4 is 77.9 Å². The van der Waals surface area contributed by atoms with Crippen LogP contribution in [-0.4, -0.2) is 56.8 Å². The number of ether oxygens (including phenoxy) is 3. The number of benzene rings is 5. The zero-order valence-electron chi connectivity index (χ0n) is 41.4. The number of methoxy groups -OCH3 is 3. The van der Waals surface area contributed by atoms with Crippen LogP contribution in [-0.2, 0) is 0 Å². The molecule has 380 valence electrons. The molecule has 6 heterocycles. The second-order valence-corrected chi connectivity index (χ2v) is 16.8. The smallest absolute Gasteiger partial charge is 0.347 e. The summed E-state index contributed by atoms with van der Waals surface area (Å²) in [6, 6.07) is 38.5. The lowest BCUT2D eigenvalue weighted by molar-refractivity contribution is 0.100. The molecule has 0 aliphatic rings. The highest BCUT2D eigenvalue weighted by Gasteiger charge is 2.23. The molecule has 0 radical (unpaired) electrons. The lowest BCUT2D eigenvalue weighted by Crippen LogP contribution is -2.22. The maximum atomic E-state index is 13.0. The van der Waals surface area contributed by atoms with Crippen molar-refractivity contribution in [3.05, 3.63) is 227 Å². The Hall–Kier alpha value is -10.2. The fourth-order valence-electron chi connectivity index (χ4n) is 8.21. The Balaban J connectivity index is 0.000000142. The van der Waals surface area contributed by atoms with Gasteiger partial charge in [-0.2, -0.15) is 0 Å². The topological polar surface area (TPSA) is 229 Å². The summed E-state index contributed by atoms with van der Waals surface area (Å²) in [7, 11) is 4.57. The van der Waals surface area contributed by atoms with E-state index in [0.717, 1.165) is 24.2 Å². The number of carbonyl (C=O) groups is 3. The van der Waals surface area contributed by atoms with Gasteiger partial charge in [-0.1, -0.05) is 18.2 Å². The van der Waals surface area contributed by atoms with Crippen molar-refractivity contribution in [2.45, 2.75) is 13.8 Å². The monoisotopic (exact) mass is 1020 g/mol. The average molecular weight is 1020 g/mol. The standard InChI is InChI=1S/C24H21NO6.C19H12O5.C16H11NO4/c1-4-25(5-2)16-7-6-14-11-18(24(28)31-21(14)13-16)22(26)19-12-15-10-17(29-3)8-9-20(15)30-23(19)27;1-22-13-7-6-12-8-14(19(21)24-16(12)10-13)18(20)17-9-11-4-2-3-5-15(11)23-17;1-20-12-5-4-10-7-13(16(19)21-14(10)8-12)15(18)11-3-2-6-17-9-11/h6-13H,4-5H2,1-3H3;2-10H,1H3;2-9H,1H3. The number of furan rings is 1. The van der Waals surface area contributed by atoms with E-state index >= 15 is 0 Å². The minimum Gasteiger partial charge on any atom is -0.497 e. The fraction of sp³-hybridized carbons (Fsp3) is 0.119. The van der Waals surface area contributed by atoms with Gasteiger partial charge in [0.05, 0.1) is 21.3 Å². The third-order valence-corrected chi connectivity index (χ3v) is 12.2. The number of aromatic nitrogens is 1. The van der Waals surface area contributed by atoms with E-state index < -0.39 is 39.9 Å². The van der Waals surface area contributed by atoms with Gasteiger partial charge in [-0.25, -0.2) is 19.2 Å². The first kappa shape index (κ1) is 50.8. The van der Waals surface area contributed by atoms with Crippen molar-refractivity contribution in [1.82, 2.24) is 4.98 Å². The van der Waals surface area contributed by atoms with Gasteiger partial charge >= 0.3 is 22.5 Å². The Morgan fingerprint density at radius 2 is 0.895 bits per heavy atom. The minimum absolute atomic E-state index is 0.0133. The number of anilines is 1. The lowest BCUT2D eigenvalue weighted by Gasteiger charge is -2.20. The van der Waals surface area contributed by atoms with Gasteiger partial charge in [0.2, 0.25) is 17.3 Å². The number of carbonyl (C=O) groups excluding carboxylic acids is 3. The van der Waals surface area contributed by atoms with Gasteiger partial charge in [0, 0.05) is 81.9 Å². The highest BCUT2D eigenvalue weighted by atomic mass is 16.5. The van der Waals surface area contributed by atoms with Crippen molar-refractivity contribution in [2.75, 3.05) is 39.3 Å². The predicted octanol–water partition coefficient (Wildman–Crippen LogP) is 10.2. The molecule has 17 nitrogen and oxygen atoms in total. The SMILES string of the molecule is CCN(CC)c1ccc2cc(C(=O)c3cc4cc(OC)ccc4oc3=O)c(=O)oc2c1.COc1ccc2cc(C(=O)c3cc4ccccc4o3)c(=O)oc2c1.COc1ccc2cc(C(=O)c3cccnc3)c(=O)oc2c1. The molecule has 0 amide bonds. The lowest BCUT2D eigenvalue weighted by atomic mass is 10.0. The van der Waals surface area contributed by atoms with Gasteiger partial charge < -0.3 is 41.2 Å². The molecule has 0 spiro atoms. The van der Waals surface area contributed by atoms with Crippen LogP contribution in [0.5, 0.6) is 17.2 Å². The first-order chi connectivity index (χ1) is 36.8. The molecule has 0 atom stereocenters. The van der Waals surface area contributed by atoms with E-state index in [1.807, 2.05) is 38.1 Å². The number of ketones is 3. The number of hydrogen-bond donors (Lipinski definition) is 0. The largest absolute Gasteiger partial charge is 0.497 e. The maximum absolute atomic E-state index is 13.0. The molecule has 0 unspecified atom stereocenters. The summed E-state index contributed by atoms with van der Waals surface area (Å²) in [6.07, 6.45) is 2.98. The summed E-state index contributed by atoms with van der Waals surface area (Å²) in [4.78, 5) is 93.2. The van der Waals surface area contributed by atoms with Crippen LogP contribution in [0.1, 0.15) is 61.8 Å². The molecule has 76 heavy (non-hydrogen) atoms. The number of fused-ring (bicyclic) bond motifs is 5. The quantitative estimate of drug-likeness (QED) is 0.0818. The first-order valence-corrected chi connectivity index (χ1v) is 23.5. The number of rotatable bonds is 12. The zero-order chi connectivity index (χ0) is 53.6. The van der Waals surface area contributed by atoms with Gasteiger partial charge in [-0.3, -0.25) is 19.4 Å². The second kappa shape index (κ2) is 21.9. The summed E-state index contributed by atoms with van der Waals surface area (Å²) < 4.78 is 42.0. The summed E-state index contributed by atoms with van der Waals surface area (Å²) >= 11 is 0. The first-order valence-electron chi connectivity index (χ1n) is 23.5. The van der Waals surface area contributed by atoms with Crippen molar-refractivity contribution < 1.29 is 50.7 Å². The van der Waals surface area contributed by atoms with Crippen molar-refractivity contribution in [3.63, 3.8) is 0 Å². The molecule has 0 N–H and O–H groups in total.